The zero-order chi connectivity index (χ0) is 25.9. The van der Waals surface area contributed by atoms with Crippen LogP contribution in [0.3, 0.4) is 0 Å². The van der Waals surface area contributed by atoms with E-state index in [1.807, 2.05) is 10.8 Å². The number of ketones is 1. The number of methoxy groups -OCH3 is 2. The highest BCUT2D eigenvalue weighted by Gasteiger charge is 2.47. The Bertz CT molecular complexity index is 1350. The van der Waals surface area contributed by atoms with Crippen LogP contribution in [-0.2, 0) is 16.1 Å². The summed E-state index contributed by atoms with van der Waals surface area (Å²) in [4.78, 5) is 32.2. The van der Waals surface area contributed by atoms with Crippen LogP contribution in [0.5, 0.6) is 23.0 Å². The van der Waals surface area contributed by atoms with Gasteiger partial charge in [0.25, 0.3) is 11.7 Å². The predicted octanol–water partition coefficient (Wildman–Crippen LogP) is 3.18. The molecule has 1 aromatic heterocycles. The Kier molecular flexibility index (Phi) is 6.72. The van der Waals surface area contributed by atoms with Crippen molar-refractivity contribution in [2.75, 3.05) is 34.0 Å². The molecule has 0 radical (unpaired) electrons. The Hall–Kier alpha value is -4.47. The average Bonchev–Trinajstić information content (AvgIpc) is 3.54. The number of benzene rings is 2. The number of nitrogens with zero attached hydrogens (tertiary/aromatic N) is 3. The van der Waals surface area contributed by atoms with Gasteiger partial charge >= 0.3 is 0 Å². The summed E-state index contributed by atoms with van der Waals surface area (Å²) in [5.41, 5.74) is 0.884. The van der Waals surface area contributed by atoms with E-state index in [9.17, 15) is 14.7 Å². The first-order valence-electron chi connectivity index (χ1n) is 11.9. The molecule has 1 N–H and O–H groups in total. The maximum Gasteiger partial charge on any atom is 0.295 e. The fraction of sp³-hybridized carbons (Fsp3) is 0.296. The minimum absolute atomic E-state index is 0.0206. The van der Waals surface area contributed by atoms with Crippen LogP contribution in [0.15, 0.2) is 60.7 Å². The molecule has 0 unspecified atom stereocenters. The zero-order valence-electron chi connectivity index (χ0n) is 20.5. The number of carbonyl (C=O) groups is 2. The van der Waals surface area contributed by atoms with E-state index in [1.54, 1.807) is 56.0 Å². The molecule has 1 atom stereocenters. The summed E-state index contributed by atoms with van der Waals surface area (Å²) < 4.78 is 24.0. The molecule has 192 valence electrons. The van der Waals surface area contributed by atoms with Gasteiger partial charge in [-0.2, -0.15) is 0 Å². The molecule has 10 nitrogen and oxygen atoms in total. The Morgan fingerprint density at radius 3 is 2.59 bits per heavy atom. The van der Waals surface area contributed by atoms with Crippen molar-refractivity contribution in [3.63, 3.8) is 0 Å². The van der Waals surface area contributed by atoms with E-state index in [0.717, 1.165) is 0 Å². The van der Waals surface area contributed by atoms with E-state index in [4.69, 9.17) is 18.9 Å². The topological polar surface area (TPSA) is 112 Å². The highest BCUT2D eigenvalue weighted by atomic mass is 16.6. The lowest BCUT2D eigenvalue weighted by molar-refractivity contribution is -0.140. The minimum atomic E-state index is -0.864. The van der Waals surface area contributed by atoms with Gasteiger partial charge in [-0.1, -0.05) is 0 Å². The SMILES string of the molecule is COc1ccc([C@H]2/C(=C(\O)c3ccc4c(c3)OCCO4)C(=O)C(=O)N2CCCn2ccnc2)c(OC)c1. The van der Waals surface area contributed by atoms with E-state index in [2.05, 4.69) is 4.98 Å². The number of aryl methyl sites for hydroxylation is 1. The van der Waals surface area contributed by atoms with Crippen molar-refractivity contribution < 1.29 is 33.6 Å². The van der Waals surface area contributed by atoms with Gasteiger partial charge in [0, 0.05) is 42.7 Å². The van der Waals surface area contributed by atoms with E-state index in [0.29, 0.717) is 60.3 Å². The van der Waals surface area contributed by atoms with Crippen LogP contribution >= 0.6 is 0 Å². The van der Waals surface area contributed by atoms with E-state index < -0.39 is 17.7 Å². The second-order valence-electron chi connectivity index (χ2n) is 8.61. The van der Waals surface area contributed by atoms with Crippen molar-refractivity contribution in [2.24, 2.45) is 0 Å². The second-order valence-corrected chi connectivity index (χ2v) is 8.61. The molecule has 2 aromatic carbocycles. The first kappa shape index (κ1) is 24.2. The lowest BCUT2D eigenvalue weighted by Crippen LogP contribution is -2.31. The molecule has 1 saturated heterocycles. The number of fused-ring (bicyclic) bond motifs is 1. The molecule has 0 aliphatic carbocycles. The van der Waals surface area contributed by atoms with Gasteiger partial charge in [-0.25, -0.2) is 4.98 Å². The highest BCUT2D eigenvalue weighted by molar-refractivity contribution is 6.46. The number of aromatic nitrogens is 2. The molecule has 3 aromatic rings. The molecule has 0 bridgehead atoms. The number of aliphatic hydroxyl groups excluding tert-OH is 1. The zero-order valence-corrected chi connectivity index (χ0v) is 20.5. The van der Waals surface area contributed by atoms with Gasteiger partial charge in [-0.15, -0.1) is 0 Å². The average molecular weight is 506 g/mol. The van der Waals surface area contributed by atoms with Crippen LogP contribution in [-0.4, -0.2) is 65.2 Å². The normalized spacial score (nSPS) is 18.2. The van der Waals surface area contributed by atoms with Gasteiger partial charge in [-0.3, -0.25) is 9.59 Å². The molecule has 5 rings (SSSR count). The molecule has 1 fully saturated rings. The van der Waals surface area contributed by atoms with Crippen LogP contribution in [0, 0.1) is 0 Å². The molecule has 2 aliphatic heterocycles. The van der Waals surface area contributed by atoms with Crippen molar-refractivity contribution in [3.05, 3.63) is 71.8 Å². The molecule has 0 spiro atoms. The molecule has 10 heteroatoms. The number of aliphatic hydroxyl groups is 1. The highest BCUT2D eigenvalue weighted by Crippen LogP contribution is 2.44. The number of likely N-dealkylation sites (tertiary alicyclic amines) is 1. The summed E-state index contributed by atoms with van der Waals surface area (Å²) in [6.07, 6.45) is 5.78. The van der Waals surface area contributed by atoms with E-state index in [1.165, 1.54) is 12.0 Å². The predicted molar refractivity (Wildman–Crippen MR) is 133 cm³/mol. The van der Waals surface area contributed by atoms with Crippen LogP contribution < -0.4 is 18.9 Å². The molecular formula is C27H27N3O7. The van der Waals surface area contributed by atoms with Gasteiger partial charge in [0.2, 0.25) is 0 Å². The van der Waals surface area contributed by atoms with Crippen molar-refractivity contribution in [1.82, 2.24) is 14.5 Å². The van der Waals surface area contributed by atoms with Crippen LogP contribution in [0.25, 0.3) is 5.76 Å². The largest absolute Gasteiger partial charge is 0.507 e. The first-order chi connectivity index (χ1) is 18.0. The number of rotatable bonds is 8. The third kappa shape index (κ3) is 4.57. The van der Waals surface area contributed by atoms with Gasteiger partial charge in [0.15, 0.2) is 11.5 Å². The van der Waals surface area contributed by atoms with Gasteiger partial charge < -0.3 is 33.5 Å². The Morgan fingerprint density at radius 1 is 1.05 bits per heavy atom. The van der Waals surface area contributed by atoms with Crippen molar-refractivity contribution in [2.45, 2.75) is 19.0 Å². The molecule has 1 amide bonds. The lowest BCUT2D eigenvalue weighted by atomic mass is 9.94. The maximum absolute atomic E-state index is 13.4. The lowest BCUT2D eigenvalue weighted by Gasteiger charge is -2.27. The van der Waals surface area contributed by atoms with Crippen LogP contribution in [0.4, 0.5) is 0 Å². The summed E-state index contributed by atoms with van der Waals surface area (Å²) in [5, 5.41) is 11.4. The second kappa shape index (κ2) is 10.3. The number of Topliss-reactive ketones (excluding diaryl/α,β-unsaturated/α-hetero) is 1. The monoisotopic (exact) mass is 505 g/mol. The Balaban J connectivity index is 1.58. The number of ether oxygens (including phenoxy) is 4. The summed E-state index contributed by atoms with van der Waals surface area (Å²) in [6.45, 7) is 1.69. The first-order valence-corrected chi connectivity index (χ1v) is 11.9. The molecule has 2 aliphatic rings. The van der Waals surface area contributed by atoms with Crippen molar-refractivity contribution in [1.29, 1.82) is 0 Å². The third-order valence-electron chi connectivity index (χ3n) is 6.47. The summed E-state index contributed by atoms with van der Waals surface area (Å²) in [7, 11) is 3.04. The molecule has 0 saturated carbocycles. The molecule has 37 heavy (non-hydrogen) atoms. The summed E-state index contributed by atoms with van der Waals surface area (Å²) in [5.74, 6) is 0.254. The third-order valence-corrected chi connectivity index (χ3v) is 6.47. The van der Waals surface area contributed by atoms with E-state index >= 15 is 0 Å². The number of imidazole rings is 1. The van der Waals surface area contributed by atoms with Crippen LogP contribution in [0.2, 0.25) is 0 Å². The Morgan fingerprint density at radius 2 is 1.86 bits per heavy atom. The fourth-order valence-corrected chi connectivity index (χ4v) is 4.67. The number of hydrogen-bond acceptors (Lipinski definition) is 8. The van der Waals surface area contributed by atoms with Crippen LogP contribution in [0.1, 0.15) is 23.6 Å². The maximum atomic E-state index is 13.4. The smallest absolute Gasteiger partial charge is 0.295 e. The number of hydrogen-bond donors (Lipinski definition) is 1. The quantitative estimate of drug-likeness (QED) is 0.282. The van der Waals surface area contributed by atoms with Gasteiger partial charge in [0.1, 0.15) is 30.5 Å². The number of amides is 1. The number of carbonyl (C=O) groups excluding carboxylic acids is 2. The van der Waals surface area contributed by atoms with E-state index in [-0.39, 0.29) is 17.9 Å². The molecule has 3 heterocycles. The van der Waals surface area contributed by atoms with Crippen molar-refractivity contribution in [3.8, 4) is 23.0 Å². The standard InChI is InChI=1S/C27H27N3O7/c1-34-18-5-6-19(21(15-18)35-2)24-23(25(31)17-4-7-20-22(14-17)37-13-12-36-20)26(32)27(33)30(24)10-3-9-29-11-8-28-16-29/h4-8,11,14-16,24,31H,3,9-10,12-13H2,1-2H3/b25-23+/t24-/m0/s1. The van der Waals surface area contributed by atoms with Gasteiger partial charge in [-0.05, 0) is 36.8 Å². The minimum Gasteiger partial charge on any atom is -0.507 e. The van der Waals surface area contributed by atoms with Gasteiger partial charge in [0.05, 0.1) is 32.2 Å². The summed E-state index contributed by atoms with van der Waals surface area (Å²) >= 11 is 0. The summed E-state index contributed by atoms with van der Waals surface area (Å²) in [6, 6.07) is 9.22. The molecular weight excluding hydrogens is 478 g/mol. The fourth-order valence-electron chi connectivity index (χ4n) is 4.67. The van der Waals surface area contributed by atoms with Crippen molar-refractivity contribution >= 4 is 17.4 Å². The Labute approximate surface area is 213 Å².